The van der Waals surface area contributed by atoms with E-state index in [9.17, 15) is 14.8 Å². The SMILES string of the molecule is CCCCCCCC(=O)C(C)CCC(N=O)OC1CC1O. The number of ketones is 1. The lowest BCUT2D eigenvalue weighted by molar-refractivity contribution is -0.122. The predicted molar refractivity (Wildman–Crippen MR) is 81.9 cm³/mol. The van der Waals surface area contributed by atoms with Crippen LogP contribution in [0.3, 0.4) is 0 Å². The molecule has 0 radical (unpaired) electrons. The maximum absolute atomic E-state index is 12.0. The van der Waals surface area contributed by atoms with Crippen LogP contribution in [0.5, 0.6) is 0 Å². The molecule has 1 aliphatic rings. The summed E-state index contributed by atoms with van der Waals surface area (Å²) in [5.41, 5.74) is 0. The van der Waals surface area contributed by atoms with Crippen LogP contribution in [0.2, 0.25) is 0 Å². The summed E-state index contributed by atoms with van der Waals surface area (Å²) in [7, 11) is 0. The first-order valence-electron chi connectivity index (χ1n) is 8.27. The fourth-order valence-electron chi connectivity index (χ4n) is 2.36. The summed E-state index contributed by atoms with van der Waals surface area (Å²) < 4.78 is 5.34. The van der Waals surface area contributed by atoms with Crippen LogP contribution in [0.4, 0.5) is 0 Å². The van der Waals surface area contributed by atoms with Crippen molar-refractivity contribution in [2.24, 2.45) is 11.1 Å². The molecular formula is C16H29NO4. The number of aliphatic hydroxyl groups is 1. The maximum atomic E-state index is 12.0. The topological polar surface area (TPSA) is 76.0 Å². The van der Waals surface area contributed by atoms with Crippen LogP contribution in [-0.4, -0.2) is 29.3 Å². The number of Topliss-reactive ketones (excluding diaryl/α,β-unsaturated/α-hetero) is 1. The van der Waals surface area contributed by atoms with Gasteiger partial charge in [0.05, 0.1) is 12.2 Å². The Kier molecular flexibility index (Phi) is 8.69. The van der Waals surface area contributed by atoms with E-state index in [2.05, 4.69) is 12.1 Å². The minimum absolute atomic E-state index is 0.0480. The highest BCUT2D eigenvalue weighted by Gasteiger charge is 2.38. The normalized spacial score (nSPS) is 23.6. The van der Waals surface area contributed by atoms with Gasteiger partial charge in [-0.3, -0.25) is 4.79 Å². The number of rotatable bonds is 13. The largest absolute Gasteiger partial charge is 0.390 e. The third-order valence-electron chi connectivity index (χ3n) is 4.07. The third kappa shape index (κ3) is 7.67. The Morgan fingerprint density at radius 2 is 1.95 bits per heavy atom. The van der Waals surface area contributed by atoms with Gasteiger partial charge in [-0.1, -0.05) is 39.5 Å². The lowest BCUT2D eigenvalue weighted by Gasteiger charge is -2.13. The summed E-state index contributed by atoms with van der Waals surface area (Å²) in [6, 6.07) is 0. The molecule has 0 amide bonds. The van der Waals surface area contributed by atoms with Crippen molar-refractivity contribution in [2.45, 2.75) is 90.1 Å². The average molecular weight is 299 g/mol. The van der Waals surface area contributed by atoms with E-state index in [1.807, 2.05) is 6.92 Å². The molecule has 0 spiro atoms. The summed E-state index contributed by atoms with van der Waals surface area (Å²) in [5, 5.41) is 12.1. The summed E-state index contributed by atoms with van der Waals surface area (Å²) in [6.07, 6.45) is 6.60. The number of carbonyl (C=O) groups excluding carboxylic acids is 1. The number of nitroso groups, excluding NO2 is 1. The number of carbonyl (C=O) groups is 1. The van der Waals surface area contributed by atoms with E-state index in [0.29, 0.717) is 25.7 Å². The Labute approximate surface area is 127 Å². The van der Waals surface area contributed by atoms with E-state index >= 15 is 0 Å². The molecule has 0 bridgehead atoms. The van der Waals surface area contributed by atoms with E-state index < -0.39 is 12.3 Å². The van der Waals surface area contributed by atoms with Gasteiger partial charge in [0.15, 0.2) is 6.23 Å². The van der Waals surface area contributed by atoms with Gasteiger partial charge in [0.1, 0.15) is 5.78 Å². The highest BCUT2D eigenvalue weighted by molar-refractivity contribution is 5.80. The van der Waals surface area contributed by atoms with E-state index in [-0.39, 0.29) is 17.8 Å². The minimum Gasteiger partial charge on any atom is -0.390 e. The summed E-state index contributed by atoms with van der Waals surface area (Å²) in [5.74, 6) is 0.218. The van der Waals surface area contributed by atoms with Crippen molar-refractivity contribution in [3.05, 3.63) is 4.91 Å². The van der Waals surface area contributed by atoms with Crippen LogP contribution in [0.25, 0.3) is 0 Å². The first kappa shape index (κ1) is 18.2. The molecule has 0 aliphatic heterocycles. The number of hydrogen-bond acceptors (Lipinski definition) is 5. The van der Waals surface area contributed by atoms with Crippen LogP contribution in [0.15, 0.2) is 5.18 Å². The number of ether oxygens (including phenoxy) is 1. The smallest absolute Gasteiger partial charge is 0.190 e. The third-order valence-corrected chi connectivity index (χ3v) is 4.07. The number of nitrogens with zero attached hydrogens (tertiary/aromatic N) is 1. The second-order valence-electron chi connectivity index (χ2n) is 6.15. The molecule has 1 fully saturated rings. The zero-order valence-corrected chi connectivity index (χ0v) is 13.3. The fourth-order valence-corrected chi connectivity index (χ4v) is 2.36. The van der Waals surface area contributed by atoms with Gasteiger partial charge in [-0.15, -0.1) is 4.91 Å². The van der Waals surface area contributed by atoms with Crippen molar-refractivity contribution < 1.29 is 14.6 Å². The van der Waals surface area contributed by atoms with Gasteiger partial charge in [0, 0.05) is 18.8 Å². The van der Waals surface area contributed by atoms with Gasteiger partial charge < -0.3 is 9.84 Å². The predicted octanol–water partition coefficient (Wildman–Crippen LogP) is 3.57. The Balaban J connectivity index is 2.11. The molecule has 0 saturated heterocycles. The van der Waals surface area contributed by atoms with Crippen molar-refractivity contribution in [1.82, 2.24) is 0 Å². The van der Waals surface area contributed by atoms with Gasteiger partial charge in [0.25, 0.3) is 0 Å². The molecule has 122 valence electrons. The van der Waals surface area contributed by atoms with Crippen molar-refractivity contribution in [2.75, 3.05) is 0 Å². The quantitative estimate of drug-likeness (QED) is 0.416. The van der Waals surface area contributed by atoms with Gasteiger partial charge in [-0.25, -0.2) is 0 Å². The van der Waals surface area contributed by atoms with E-state index in [1.54, 1.807) is 0 Å². The number of hydrogen-bond donors (Lipinski definition) is 1. The number of unbranched alkanes of at least 4 members (excludes halogenated alkanes) is 4. The number of aliphatic hydroxyl groups excluding tert-OH is 1. The summed E-state index contributed by atoms with van der Waals surface area (Å²) >= 11 is 0. The molecule has 0 aromatic heterocycles. The highest BCUT2D eigenvalue weighted by atomic mass is 16.5. The average Bonchev–Trinajstić information content (AvgIpc) is 3.17. The summed E-state index contributed by atoms with van der Waals surface area (Å²) in [6.45, 7) is 4.08. The second-order valence-corrected chi connectivity index (χ2v) is 6.15. The highest BCUT2D eigenvalue weighted by Crippen LogP contribution is 2.28. The molecule has 4 atom stereocenters. The van der Waals surface area contributed by atoms with Crippen molar-refractivity contribution in [3.63, 3.8) is 0 Å². The van der Waals surface area contributed by atoms with Crippen LogP contribution < -0.4 is 0 Å². The molecule has 1 rings (SSSR count). The van der Waals surface area contributed by atoms with E-state index in [4.69, 9.17) is 4.74 Å². The zero-order chi connectivity index (χ0) is 15.7. The van der Waals surface area contributed by atoms with Crippen LogP contribution in [0, 0.1) is 10.8 Å². The minimum atomic E-state index is -0.730. The molecule has 21 heavy (non-hydrogen) atoms. The molecular weight excluding hydrogens is 270 g/mol. The lowest BCUT2D eigenvalue weighted by atomic mass is 9.96. The molecule has 5 heteroatoms. The Morgan fingerprint density at radius 1 is 1.29 bits per heavy atom. The van der Waals surface area contributed by atoms with Crippen LogP contribution in [-0.2, 0) is 9.53 Å². The Hall–Kier alpha value is -0.810. The monoisotopic (exact) mass is 299 g/mol. The molecule has 5 nitrogen and oxygen atoms in total. The molecule has 1 saturated carbocycles. The van der Waals surface area contributed by atoms with Crippen LogP contribution >= 0.6 is 0 Å². The lowest BCUT2D eigenvalue weighted by Crippen LogP contribution is -2.17. The molecule has 1 aliphatic carbocycles. The molecule has 0 aromatic carbocycles. The van der Waals surface area contributed by atoms with E-state index in [1.165, 1.54) is 19.3 Å². The van der Waals surface area contributed by atoms with Gasteiger partial charge >= 0.3 is 0 Å². The fraction of sp³-hybridized carbons (Fsp3) is 0.938. The van der Waals surface area contributed by atoms with Gasteiger partial charge in [0.2, 0.25) is 0 Å². The van der Waals surface area contributed by atoms with Gasteiger partial charge in [-0.2, -0.15) is 0 Å². The molecule has 4 unspecified atom stereocenters. The first-order chi connectivity index (χ1) is 10.1. The van der Waals surface area contributed by atoms with Crippen molar-refractivity contribution in [3.8, 4) is 0 Å². The van der Waals surface area contributed by atoms with E-state index in [0.717, 1.165) is 12.8 Å². The van der Waals surface area contributed by atoms with Crippen LogP contribution in [0.1, 0.15) is 71.6 Å². The molecule has 0 aromatic rings. The zero-order valence-electron chi connectivity index (χ0n) is 13.3. The molecule has 1 N–H and O–H groups in total. The van der Waals surface area contributed by atoms with Gasteiger partial charge in [-0.05, 0) is 24.4 Å². The molecule has 0 heterocycles. The standard InChI is InChI=1S/C16H29NO4/c1-3-4-5-6-7-8-13(18)12(2)9-10-16(17-20)21-15-11-14(15)19/h12,14-16,19H,3-11H2,1-2H3. The first-order valence-corrected chi connectivity index (χ1v) is 8.27. The van der Waals surface area contributed by atoms with Crippen molar-refractivity contribution >= 4 is 5.78 Å². The Bertz CT molecular complexity index is 321. The van der Waals surface area contributed by atoms with Crippen molar-refractivity contribution in [1.29, 1.82) is 0 Å². The Morgan fingerprint density at radius 3 is 2.52 bits per heavy atom. The maximum Gasteiger partial charge on any atom is 0.190 e. The summed E-state index contributed by atoms with van der Waals surface area (Å²) in [4.78, 5) is 22.7. The second kappa shape index (κ2) is 10.0.